The first-order valence-corrected chi connectivity index (χ1v) is 8.83. The van der Waals surface area contributed by atoms with Gasteiger partial charge in [0, 0.05) is 24.2 Å². The number of ether oxygens (including phenoxy) is 1. The predicted molar refractivity (Wildman–Crippen MR) is 104 cm³/mol. The standard InChI is InChI=1S/C20H21ClN2O4/c1-14(24)23-18-8-4-16(5-9-18)12-20(26)27-13-19(25)22-11-10-15-2-6-17(21)7-3-15/h2-9H,10-13H2,1H3,(H,22,25)(H,23,24). The van der Waals surface area contributed by atoms with Crippen LogP contribution in [0.15, 0.2) is 48.5 Å². The molecule has 0 aliphatic heterocycles. The molecule has 27 heavy (non-hydrogen) atoms. The van der Waals surface area contributed by atoms with Crippen LogP contribution in [0.25, 0.3) is 0 Å². The van der Waals surface area contributed by atoms with E-state index in [-0.39, 0.29) is 24.8 Å². The monoisotopic (exact) mass is 388 g/mol. The van der Waals surface area contributed by atoms with E-state index < -0.39 is 5.97 Å². The van der Waals surface area contributed by atoms with Crippen LogP contribution >= 0.6 is 11.6 Å². The number of esters is 1. The lowest BCUT2D eigenvalue weighted by atomic mass is 10.1. The summed E-state index contributed by atoms with van der Waals surface area (Å²) in [4.78, 5) is 34.5. The van der Waals surface area contributed by atoms with E-state index in [1.54, 1.807) is 36.4 Å². The Morgan fingerprint density at radius 3 is 2.22 bits per heavy atom. The molecule has 0 unspecified atom stereocenters. The molecule has 2 aromatic rings. The second-order valence-electron chi connectivity index (χ2n) is 5.94. The smallest absolute Gasteiger partial charge is 0.310 e. The van der Waals surface area contributed by atoms with Crippen LogP contribution < -0.4 is 10.6 Å². The summed E-state index contributed by atoms with van der Waals surface area (Å²) in [7, 11) is 0. The zero-order chi connectivity index (χ0) is 19.6. The SMILES string of the molecule is CC(=O)Nc1ccc(CC(=O)OCC(=O)NCCc2ccc(Cl)cc2)cc1. The lowest BCUT2D eigenvalue weighted by molar-refractivity contribution is -0.147. The quantitative estimate of drug-likeness (QED) is 0.681. The maximum absolute atomic E-state index is 11.8. The van der Waals surface area contributed by atoms with E-state index in [0.717, 1.165) is 11.1 Å². The van der Waals surface area contributed by atoms with Crippen molar-refractivity contribution in [1.29, 1.82) is 0 Å². The van der Waals surface area contributed by atoms with Crippen LogP contribution in [-0.4, -0.2) is 30.9 Å². The number of nitrogens with one attached hydrogen (secondary N) is 2. The molecule has 142 valence electrons. The zero-order valence-electron chi connectivity index (χ0n) is 15.0. The molecule has 0 spiro atoms. The third-order valence-corrected chi connectivity index (χ3v) is 3.89. The zero-order valence-corrected chi connectivity index (χ0v) is 15.7. The number of amides is 2. The number of benzene rings is 2. The van der Waals surface area contributed by atoms with Gasteiger partial charge in [0.05, 0.1) is 6.42 Å². The number of anilines is 1. The van der Waals surface area contributed by atoms with E-state index in [0.29, 0.717) is 23.7 Å². The third-order valence-electron chi connectivity index (χ3n) is 3.64. The van der Waals surface area contributed by atoms with Crippen molar-refractivity contribution in [3.63, 3.8) is 0 Å². The normalized spacial score (nSPS) is 10.1. The lowest BCUT2D eigenvalue weighted by Gasteiger charge is -2.07. The summed E-state index contributed by atoms with van der Waals surface area (Å²) in [5.74, 6) is -1.00. The second-order valence-corrected chi connectivity index (χ2v) is 6.38. The van der Waals surface area contributed by atoms with Gasteiger partial charge in [0.25, 0.3) is 5.91 Å². The van der Waals surface area contributed by atoms with Crippen molar-refractivity contribution in [2.45, 2.75) is 19.8 Å². The Morgan fingerprint density at radius 2 is 1.59 bits per heavy atom. The van der Waals surface area contributed by atoms with Gasteiger partial charge in [-0.3, -0.25) is 14.4 Å². The van der Waals surface area contributed by atoms with Gasteiger partial charge in [0.1, 0.15) is 0 Å². The van der Waals surface area contributed by atoms with Gasteiger partial charge in [-0.15, -0.1) is 0 Å². The number of halogens is 1. The third kappa shape index (κ3) is 7.92. The van der Waals surface area contributed by atoms with E-state index >= 15 is 0 Å². The molecule has 0 aliphatic rings. The van der Waals surface area contributed by atoms with Crippen LogP contribution in [0.4, 0.5) is 5.69 Å². The molecule has 0 bridgehead atoms. The molecule has 0 saturated heterocycles. The van der Waals surface area contributed by atoms with E-state index in [1.807, 2.05) is 12.1 Å². The largest absolute Gasteiger partial charge is 0.455 e. The van der Waals surface area contributed by atoms with Crippen molar-refractivity contribution in [2.24, 2.45) is 0 Å². The Hall–Kier alpha value is -2.86. The van der Waals surface area contributed by atoms with Crippen LogP contribution in [0, 0.1) is 0 Å². The molecule has 0 aliphatic carbocycles. The van der Waals surface area contributed by atoms with Gasteiger partial charge in [-0.1, -0.05) is 35.9 Å². The molecule has 0 fully saturated rings. The summed E-state index contributed by atoms with van der Waals surface area (Å²) in [6.07, 6.45) is 0.718. The van der Waals surface area contributed by atoms with Crippen molar-refractivity contribution in [1.82, 2.24) is 5.32 Å². The van der Waals surface area contributed by atoms with Gasteiger partial charge in [-0.25, -0.2) is 0 Å². The Morgan fingerprint density at radius 1 is 0.963 bits per heavy atom. The molecule has 0 heterocycles. The van der Waals surface area contributed by atoms with Gasteiger partial charge < -0.3 is 15.4 Å². The lowest BCUT2D eigenvalue weighted by Crippen LogP contribution is -2.30. The van der Waals surface area contributed by atoms with Crippen LogP contribution in [0.3, 0.4) is 0 Å². The topological polar surface area (TPSA) is 84.5 Å². The van der Waals surface area contributed by atoms with Crippen LogP contribution in [-0.2, 0) is 32.0 Å². The molecule has 0 saturated carbocycles. The maximum atomic E-state index is 11.8. The summed E-state index contributed by atoms with van der Waals surface area (Å²) in [6, 6.07) is 14.2. The highest BCUT2D eigenvalue weighted by molar-refractivity contribution is 6.30. The summed E-state index contributed by atoms with van der Waals surface area (Å²) in [5.41, 5.74) is 2.44. The first kappa shape index (κ1) is 20.5. The van der Waals surface area contributed by atoms with E-state index in [9.17, 15) is 14.4 Å². The van der Waals surface area contributed by atoms with Gasteiger partial charge in [-0.05, 0) is 41.8 Å². The highest BCUT2D eigenvalue weighted by Crippen LogP contribution is 2.11. The molecular weight excluding hydrogens is 368 g/mol. The van der Waals surface area contributed by atoms with E-state index in [4.69, 9.17) is 16.3 Å². The Bertz CT molecular complexity index is 789. The van der Waals surface area contributed by atoms with Gasteiger partial charge in [-0.2, -0.15) is 0 Å². The second kappa shape index (κ2) is 10.3. The minimum Gasteiger partial charge on any atom is -0.455 e. The molecule has 2 amide bonds. The fourth-order valence-electron chi connectivity index (χ4n) is 2.32. The number of carbonyl (C=O) groups is 3. The van der Waals surface area contributed by atoms with Crippen LogP contribution in [0.5, 0.6) is 0 Å². The fraction of sp³-hybridized carbons (Fsp3) is 0.250. The van der Waals surface area contributed by atoms with Gasteiger partial charge in [0.2, 0.25) is 5.91 Å². The van der Waals surface area contributed by atoms with Gasteiger partial charge in [0.15, 0.2) is 6.61 Å². The van der Waals surface area contributed by atoms with Crippen LogP contribution in [0.1, 0.15) is 18.1 Å². The molecule has 0 aromatic heterocycles. The predicted octanol–water partition coefficient (Wildman–Crippen LogP) is 2.74. The number of rotatable bonds is 8. The molecule has 2 rings (SSSR count). The fourth-order valence-corrected chi connectivity index (χ4v) is 2.45. The van der Waals surface area contributed by atoms with Gasteiger partial charge >= 0.3 is 5.97 Å². The average Bonchev–Trinajstić information content (AvgIpc) is 2.63. The molecule has 0 radical (unpaired) electrons. The Kier molecular flexibility index (Phi) is 7.82. The summed E-state index contributed by atoms with van der Waals surface area (Å²) >= 11 is 5.82. The first-order valence-electron chi connectivity index (χ1n) is 8.45. The number of hydrogen-bond acceptors (Lipinski definition) is 4. The number of hydrogen-bond donors (Lipinski definition) is 2. The van der Waals surface area contributed by atoms with E-state index in [2.05, 4.69) is 10.6 Å². The average molecular weight is 389 g/mol. The van der Waals surface area contributed by atoms with Crippen molar-refractivity contribution < 1.29 is 19.1 Å². The highest BCUT2D eigenvalue weighted by Gasteiger charge is 2.09. The van der Waals surface area contributed by atoms with E-state index in [1.165, 1.54) is 6.92 Å². The summed E-state index contributed by atoms with van der Waals surface area (Å²) < 4.78 is 4.98. The number of carbonyl (C=O) groups excluding carboxylic acids is 3. The minimum atomic E-state index is -0.491. The molecule has 2 aromatic carbocycles. The summed E-state index contributed by atoms with van der Waals surface area (Å²) in [6.45, 7) is 1.55. The highest BCUT2D eigenvalue weighted by atomic mass is 35.5. The molecule has 0 atom stereocenters. The van der Waals surface area contributed by atoms with Crippen molar-refractivity contribution >= 4 is 35.1 Å². The van der Waals surface area contributed by atoms with Crippen molar-refractivity contribution in [2.75, 3.05) is 18.5 Å². The van der Waals surface area contributed by atoms with Crippen LogP contribution in [0.2, 0.25) is 5.02 Å². The summed E-state index contributed by atoms with van der Waals surface area (Å²) in [5, 5.41) is 6.01. The molecule has 7 heteroatoms. The molecule has 2 N–H and O–H groups in total. The Labute approximate surface area is 162 Å². The first-order chi connectivity index (χ1) is 12.9. The molecule has 6 nitrogen and oxygen atoms in total. The molecular formula is C20H21ClN2O4. The van der Waals surface area contributed by atoms with Crippen molar-refractivity contribution in [3.05, 3.63) is 64.7 Å². The maximum Gasteiger partial charge on any atom is 0.310 e. The Balaban J connectivity index is 1.66. The van der Waals surface area contributed by atoms with Crippen molar-refractivity contribution in [3.8, 4) is 0 Å². The minimum absolute atomic E-state index is 0.0540.